The summed E-state index contributed by atoms with van der Waals surface area (Å²) < 4.78 is 0. The number of hydrogen-bond acceptors (Lipinski definition) is 6. The van der Waals surface area contributed by atoms with Crippen molar-refractivity contribution in [1.82, 2.24) is 10.3 Å². The van der Waals surface area contributed by atoms with Gasteiger partial charge in [-0.25, -0.2) is 4.98 Å². The fourth-order valence-electron chi connectivity index (χ4n) is 1.54. The van der Waals surface area contributed by atoms with E-state index in [1.807, 2.05) is 13.2 Å². The first-order valence-electron chi connectivity index (χ1n) is 6.18. The van der Waals surface area contributed by atoms with Crippen LogP contribution in [-0.4, -0.2) is 40.7 Å². The lowest BCUT2D eigenvalue weighted by molar-refractivity contribution is -0.308. The van der Waals surface area contributed by atoms with Crippen LogP contribution in [0, 0.1) is 0 Å². The summed E-state index contributed by atoms with van der Waals surface area (Å²) in [4.78, 5) is 27.3. The van der Waals surface area contributed by atoms with Gasteiger partial charge in [0, 0.05) is 6.20 Å². The van der Waals surface area contributed by atoms with Gasteiger partial charge in [-0.1, -0.05) is 6.92 Å². The van der Waals surface area contributed by atoms with E-state index in [2.05, 4.69) is 10.3 Å². The van der Waals surface area contributed by atoms with E-state index >= 15 is 0 Å². The second kappa shape index (κ2) is 8.86. The normalized spacial score (nSPS) is 11.9. The molecule has 7 heteroatoms. The van der Waals surface area contributed by atoms with Gasteiger partial charge >= 0.3 is 0 Å². The van der Waals surface area contributed by atoms with E-state index in [1.54, 1.807) is 18.3 Å². The molecule has 0 bridgehead atoms. The molecule has 0 spiro atoms. The fraction of sp³-hybridized carbons (Fsp3) is 0.462. The number of carboxylic acid groups (broad SMARTS) is 1. The Hall–Kier alpha value is -1.21. The zero-order valence-electron chi connectivity index (χ0n) is 11.4. The maximum atomic E-state index is 12.2. The average molecular weight is 313 g/mol. The molecule has 0 radical (unpaired) electrons. The Morgan fingerprint density at radius 2 is 2.25 bits per heavy atom. The van der Waals surface area contributed by atoms with Gasteiger partial charge in [0.25, 0.3) is 5.91 Å². The second-order valence-corrected chi connectivity index (χ2v) is 6.15. The molecule has 0 aliphatic rings. The molecular weight excluding hydrogens is 296 g/mol. The van der Waals surface area contributed by atoms with Crippen LogP contribution in [0.4, 0.5) is 0 Å². The van der Waals surface area contributed by atoms with Gasteiger partial charge in [0.05, 0.1) is 17.6 Å². The largest absolute Gasteiger partial charge is 0.548 e. The minimum atomic E-state index is -1.26. The summed E-state index contributed by atoms with van der Waals surface area (Å²) in [7, 11) is 0. The lowest BCUT2D eigenvalue weighted by Gasteiger charge is -2.19. The van der Waals surface area contributed by atoms with Gasteiger partial charge < -0.3 is 15.2 Å². The monoisotopic (exact) mass is 313 g/mol. The zero-order chi connectivity index (χ0) is 15.0. The Balaban J connectivity index is 2.80. The third-order valence-electron chi connectivity index (χ3n) is 2.50. The number of hydrogen-bond donors (Lipinski definition) is 1. The standard InChI is InChI=1S/C13H18N2O3S2/c1-3-20-12-9(5-4-7-14-12)11(16)15-10(13(17)18)6-8-19-2/h4-5,7,10H,3,6,8H2,1-2H3,(H,15,16)(H,17,18)/p-1/t10-/m0/s1. The van der Waals surface area contributed by atoms with Gasteiger partial charge in [-0.3, -0.25) is 4.79 Å². The zero-order valence-corrected chi connectivity index (χ0v) is 13.1. The molecule has 1 rings (SSSR count). The molecular formula is C13H17N2O3S2-. The van der Waals surface area contributed by atoms with Crippen molar-refractivity contribution in [2.24, 2.45) is 0 Å². The van der Waals surface area contributed by atoms with Crippen molar-refractivity contribution in [1.29, 1.82) is 0 Å². The second-order valence-electron chi connectivity index (χ2n) is 3.92. The molecule has 1 heterocycles. The highest BCUT2D eigenvalue weighted by Gasteiger charge is 2.17. The first-order valence-corrected chi connectivity index (χ1v) is 8.56. The molecule has 20 heavy (non-hydrogen) atoms. The molecule has 110 valence electrons. The van der Waals surface area contributed by atoms with Gasteiger partial charge in [0.15, 0.2) is 0 Å². The quantitative estimate of drug-likeness (QED) is 0.715. The SMILES string of the molecule is CCSc1ncccc1C(=O)N[C@@H](CCSC)C(=O)[O-]. The summed E-state index contributed by atoms with van der Waals surface area (Å²) in [6.07, 6.45) is 3.83. The predicted molar refractivity (Wildman–Crippen MR) is 79.9 cm³/mol. The third-order valence-corrected chi connectivity index (χ3v) is 4.03. The van der Waals surface area contributed by atoms with Gasteiger partial charge in [-0.15, -0.1) is 11.8 Å². The summed E-state index contributed by atoms with van der Waals surface area (Å²) in [6, 6.07) is 2.32. The average Bonchev–Trinajstić information content (AvgIpc) is 2.43. The topological polar surface area (TPSA) is 82.1 Å². The highest BCUT2D eigenvalue weighted by atomic mass is 32.2. The molecule has 1 aromatic heterocycles. The minimum absolute atomic E-state index is 0.339. The molecule has 1 amide bonds. The Kier molecular flexibility index (Phi) is 7.46. The Bertz CT molecular complexity index is 469. The van der Waals surface area contributed by atoms with Crippen LogP contribution >= 0.6 is 23.5 Å². The van der Waals surface area contributed by atoms with Crippen LogP contribution in [0.3, 0.4) is 0 Å². The number of nitrogens with one attached hydrogen (secondary N) is 1. The summed E-state index contributed by atoms with van der Waals surface area (Å²) in [5, 5.41) is 14.1. The van der Waals surface area contributed by atoms with Crippen LogP contribution in [0.1, 0.15) is 23.7 Å². The maximum absolute atomic E-state index is 12.2. The predicted octanol–water partition coefficient (Wildman–Crippen LogP) is 0.795. The van der Waals surface area contributed by atoms with E-state index in [4.69, 9.17) is 0 Å². The highest BCUT2D eigenvalue weighted by molar-refractivity contribution is 7.99. The number of thioether (sulfide) groups is 2. The number of aromatic nitrogens is 1. The van der Waals surface area contributed by atoms with Crippen LogP contribution in [-0.2, 0) is 4.79 Å². The third kappa shape index (κ3) is 5.05. The smallest absolute Gasteiger partial charge is 0.254 e. The van der Waals surface area contributed by atoms with E-state index in [0.29, 0.717) is 22.8 Å². The molecule has 0 unspecified atom stereocenters. The summed E-state index contributed by atoms with van der Waals surface area (Å²) in [5.41, 5.74) is 0.398. The van der Waals surface area contributed by atoms with Crippen molar-refractivity contribution in [3.05, 3.63) is 23.9 Å². The number of carboxylic acids is 1. The van der Waals surface area contributed by atoms with Crippen molar-refractivity contribution in [2.75, 3.05) is 17.8 Å². The minimum Gasteiger partial charge on any atom is -0.548 e. The van der Waals surface area contributed by atoms with E-state index in [1.165, 1.54) is 23.5 Å². The lowest BCUT2D eigenvalue weighted by atomic mass is 10.2. The molecule has 0 aliphatic carbocycles. The summed E-state index contributed by atoms with van der Waals surface area (Å²) in [5.74, 6) is -0.263. The van der Waals surface area contributed by atoms with Crippen LogP contribution < -0.4 is 10.4 Å². The number of rotatable bonds is 8. The molecule has 0 fully saturated rings. The first-order chi connectivity index (χ1) is 9.60. The van der Waals surface area contributed by atoms with Crippen molar-refractivity contribution in [2.45, 2.75) is 24.4 Å². The highest BCUT2D eigenvalue weighted by Crippen LogP contribution is 2.19. The Labute approximate surface area is 126 Å². The van der Waals surface area contributed by atoms with Gasteiger partial charge in [-0.2, -0.15) is 11.8 Å². The van der Waals surface area contributed by atoms with Gasteiger partial charge in [0.1, 0.15) is 5.03 Å². The molecule has 1 N–H and O–H groups in total. The van der Waals surface area contributed by atoms with E-state index in [-0.39, 0.29) is 0 Å². The Morgan fingerprint density at radius 3 is 2.85 bits per heavy atom. The van der Waals surface area contributed by atoms with Crippen molar-refractivity contribution < 1.29 is 14.7 Å². The Morgan fingerprint density at radius 1 is 1.50 bits per heavy atom. The van der Waals surface area contributed by atoms with E-state index in [0.717, 1.165) is 5.75 Å². The van der Waals surface area contributed by atoms with Crippen molar-refractivity contribution >= 4 is 35.4 Å². The van der Waals surface area contributed by atoms with Gasteiger partial charge in [-0.05, 0) is 36.3 Å². The fourth-order valence-corrected chi connectivity index (χ4v) is 2.73. The number of carbonyl (C=O) groups is 2. The van der Waals surface area contributed by atoms with Crippen LogP contribution in [0.15, 0.2) is 23.4 Å². The molecule has 0 aliphatic heterocycles. The molecule has 5 nitrogen and oxygen atoms in total. The molecule has 1 aromatic rings. The van der Waals surface area contributed by atoms with Gasteiger partial charge in [0.2, 0.25) is 0 Å². The molecule has 1 atom stereocenters. The number of nitrogens with zero attached hydrogens (tertiary/aromatic N) is 1. The van der Waals surface area contributed by atoms with Crippen molar-refractivity contribution in [3.63, 3.8) is 0 Å². The number of carbonyl (C=O) groups excluding carboxylic acids is 2. The molecule has 0 saturated carbocycles. The number of aliphatic carboxylic acids is 1. The molecule has 0 aromatic carbocycles. The summed E-state index contributed by atoms with van der Waals surface area (Å²) in [6.45, 7) is 1.96. The first kappa shape index (κ1) is 16.8. The summed E-state index contributed by atoms with van der Waals surface area (Å²) >= 11 is 2.97. The number of pyridine rings is 1. The van der Waals surface area contributed by atoms with Crippen LogP contribution in [0.5, 0.6) is 0 Å². The van der Waals surface area contributed by atoms with E-state index in [9.17, 15) is 14.7 Å². The van der Waals surface area contributed by atoms with Crippen LogP contribution in [0.2, 0.25) is 0 Å². The number of amides is 1. The lowest BCUT2D eigenvalue weighted by Crippen LogP contribution is -2.48. The molecule has 0 saturated heterocycles. The van der Waals surface area contributed by atoms with Crippen LogP contribution in [0.25, 0.3) is 0 Å². The van der Waals surface area contributed by atoms with E-state index < -0.39 is 17.9 Å². The van der Waals surface area contributed by atoms with Crippen molar-refractivity contribution in [3.8, 4) is 0 Å². The maximum Gasteiger partial charge on any atom is 0.254 e.